The van der Waals surface area contributed by atoms with E-state index < -0.39 is 18.1 Å². The molecular weight excluding hydrogens is 715 g/mol. The van der Waals surface area contributed by atoms with Gasteiger partial charge in [-0.3, -0.25) is 9.59 Å². The largest absolute Gasteiger partial charge is 0.477 e. The van der Waals surface area contributed by atoms with Crippen LogP contribution in [0.1, 0.15) is 155 Å². The van der Waals surface area contributed by atoms with Crippen LogP contribution in [0.4, 0.5) is 0 Å². The number of hydrogen-bond donors (Lipinski definition) is 1. The van der Waals surface area contributed by atoms with Gasteiger partial charge in [0, 0.05) is 19.3 Å². The number of unbranched alkanes of at least 4 members (excludes halogenated alkanes) is 10. The quantitative estimate of drug-likeness (QED) is 0.0287. The van der Waals surface area contributed by atoms with Crippen molar-refractivity contribution in [1.29, 1.82) is 0 Å². The third-order valence-electron chi connectivity index (χ3n) is 9.29. The van der Waals surface area contributed by atoms with Crippen molar-refractivity contribution < 1.29 is 38.2 Å². The van der Waals surface area contributed by atoms with E-state index in [2.05, 4.69) is 98.9 Å². The monoisotopic (exact) mass is 797 g/mol. The van der Waals surface area contributed by atoms with Gasteiger partial charge in [0.25, 0.3) is 0 Å². The van der Waals surface area contributed by atoms with Crippen LogP contribution in [0.3, 0.4) is 0 Å². The fraction of sp³-hybridized carbons (Fsp3) is 0.653. The van der Waals surface area contributed by atoms with Gasteiger partial charge in [0.1, 0.15) is 6.61 Å². The summed E-state index contributed by atoms with van der Waals surface area (Å²) >= 11 is 0. The third kappa shape index (κ3) is 37.8. The number of carboxylic acid groups (broad SMARTS) is 1. The third-order valence-corrected chi connectivity index (χ3v) is 9.29. The highest BCUT2D eigenvalue weighted by Crippen LogP contribution is 2.13. The summed E-state index contributed by atoms with van der Waals surface area (Å²) in [6, 6.07) is -0.627. The van der Waals surface area contributed by atoms with Gasteiger partial charge in [-0.1, -0.05) is 144 Å². The van der Waals surface area contributed by atoms with E-state index in [9.17, 15) is 19.5 Å². The summed E-state index contributed by atoms with van der Waals surface area (Å²) in [4.78, 5) is 36.9. The zero-order valence-corrected chi connectivity index (χ0v) is 36.8. The molecule has 0 fully saturated rings. The lowest BCUT2D eigenvalue weighted by Gasteiger charge is -2.31. The molecule has 0 aromatic rings. The molecule has 0 rings (SSSR count). The normalized spacial score (nSPS) is 13.8. The molecule has 8 nitrogen and oxygen atoms in total. The summed E-state index contributed by atoms with van der Waals surface area (Å²) in [6.07, 6.45) is 50.7. The Balaban J connectivity index is 4.31. The highest BCUT2D eigenvalue weighted by molar-refractivity contribution is 5.72. The second-order valence-electron chi connectivity index (χ2n) is 15.5. The Labute approximate surface area is 348 Å². The molecule has 0 heterocycles. The number of carbonyl (C=O) groups excluding carboxylic acids is 2. The average Bonchev–Trinajstić information content (AvgIpc) is 3.17. The van der Waals surface area contributed by atoms with Crippen molar-refractivity contribution in [3.05, 3.63) is 85.1 Å². The summed E-state index contributed by atoms with van der Waals surface area (Å²) in [5.74, 6) is -1.56. The van der Waals surface area contributed by atoms with Crippen molar-refractivity contribution in [2.75, 3.05) is 41.0 Å². The van der Waals surface area contributed by atoms with Crippen LogP contribution in [-0.2, 0) is 28.6 Å². The molecule has 0 spiro atoms. The minimum absolute atomic E-state index is 0.0343. The number of carboxylic acids is 1. The van der Waals surface area contributed by atoms with Crippen LogP contribution in [0.2, 0.25) is 0 Å². The van der Waals surface area contributed by atoms with Crippen LogP contribution in [0.5, 0.6) is 0 Å². The molecule has 0 saturated heterocycles. The Hall–Kier alpha value is -3.49. The first-order chi connectivity index (χ1) is 27.6. The molecule has 2 unspecified atom stereocenters. The molecular formula is C49H82NO7+. The van der Waals surface area contributed by atoms with Gasteiger partial charge in [0.05, 0.1) is 34.4 Å². The van der Waals surface area contributed by atoms with E-state index in [0.717, 1.165) is 77.0 Å². The number of likely N-dealkylation sites (N-methyl/N-ethyl adjacent to an activating group) is 1. The average molecular weight is 797 g/mol. The first-order valence-electron chi connectivity index (χ1n) is 22.1. The Morgan fingerprint density at radius 1 is 0.526 bits per heavy atom. The van der Waals surface area contributed by atoms with Crippen molar-refractivity contribution in [1.82, 2.24) is 0 Å². The fourth-order valence-corrected chi connectivity index (χ4v) is 5.93. The van der Waals surface area contributed by atoms with E-state index in [1.807, 2.05) is 21.1 Å². The molecule has 0 aliphatic rings. The number of quaternary nitrogens is 1. The number of nitrogens with zero attached hydrogens (tertiary/aromatic N) is 1. The highest BCUT2D eigenvalue weighted by Gasteiger charge is 2.31. The molecule has 0 amide bonds. The molecule has 0 bridgehead atoms. The van der Waals surface area contributed by atoms with Crippen molar-refractivity contribution >= 4 is 17.9 Å². The topological polar surface area (TPSA) is 99.1 Å². The predicted molar refractivity (Wildman–Crippen MR) is 238 cm³/mol. The Morgan fingerprint density at radius 3 is 1.42 bits per heavy atom. The number of carbonyl (C=O) groups is 3. The van der Waals surface area contributed by atoms with Crippen molar-refractivity contribution in [3.63, 3.8) is 0 Å². The van der Waals surface area contributed by atoms with Gasteiger partial charge in [-0.05, 0) is 77.0 Å². The number of aliphatic carboxylic acids is 1. The van der Waals surface area contributed by atoms with Crippen molar-refractivity contribution in [2.24, 2.45) is 0 Å². The van der Waals surface area contributed by atoms with Gasteiger partial charge in [0.15, 0.2) is 12.1 Å². The van der Waals surface area contributed by atoms with E-state index in [0.29, 0.717) is 19.3 Å². The molecule has 0 aromatic heterocycles. The molecule has 0 aliphatic heterocycles. The summed E-state index contributed by atoms with van der Waals surface area (Å²) in [7, 11) is 5.49. The van der Waals surface area contributed by atoms with E-state index in [1.165, 1.54) is 38.5 Å². The van der Waals surface area contributed by atoms with Gasteiger partial charge in [-0.25, -0.2) is 4.79 Å². The van der Waals surface area contributed by atoms with Gasteiger partial charge in [-0.2, -0.15) is 0 Å². The first kappa shape index (κ1) is 53.5. The van der Waals surface area contributed by atoms with Crippen LogP contribution in [0.25, 0.3) is 0 Å². The first-order valence-corrected chi connectivity index (χ1v) is 22.1. The van der Waals surface area contributed by atoms with Crippen LogP contribution < -0.4 is 0 Å². The highest BCUT2D eigenvalue weighted by atomic mass is 16.6. The Kier molecular flexibility index (Phi) is 36.9. The number of rotatable bonds is 38. The zero-order valence-electron chi connectivity index (χ0n) is 36.8. The molecule has 324 valence electrons. The maximum absolute atomic E-state index is 12.7. The molecule has 0 saturated carbocycles. The van der Waals surface area contributed by atoms with Gasteiger partial charge < -0.3 is 23.8 Å². The summed E-state index contributed by atoms with van der Waals surface area (Å²) in [6.45, 7) is 4.42. The summed E-state index contributed by atoms with van der Waals surface area (Å²) in [5.41, 5.74) is 0. The summed E-state index contributed by atoms with van der Waals surface area (Å²) < 4.78 is 17.2. The van der Waals surface area contributed by atoms with Crippen LogP contribution in [0.15, 0.2) is 85.1 Å². The Morgan fingerprint density at radius 2 is 0.947 bits per heavy atom. The fourth-order valence-electron chi connectivity index (χ4n) is 5.93. The molecule has 1 N–H and O–H groups in total. The minimum Gasteiger partial charge on any atom is -0.477 e. The summed E-state index contributed by atoms with van der Waals surface area (Å²) in [5, 5.41) is 9.61. The van der Waals surface area contributed by atoms with E-state index in [1.54, 1.807) is 0 Å². The van der Waals surface area contributed by atoms with Crippen LogP contribution in [0, 0.1) is 0 Å². The van der Waals surface area contributed by atoms with Gasteiger partial charge in [-0.15, -0.1) is 0 Å². The molecule has 0 aromatic carbocycles. The van der Waals surface area contributed by atoms with Gasteiger partial charge >= 0.3 is 17.9 Å². The lowest BCUT2D eigenvalue weighted by Crippen LogP contribution is -2.50. The lowest BCUT2D eigenvalue weighted by molar-refractivity contribution is -0.887. The maximum Gasteiger partial charge on any atom is 0.362 e. The molecule has 2 atom stereocenters. The minimum atomic E-state index is -0.888. The second kappa shape index (κ2) is 39.3. The zero-order chi connectivity index (χ0) is 42.1. The number of esters is 2. The second-order valence-corrected chi connectivity index (χ2v) is 15.5. The number of hydrogen-bond acceptors (Lipinski definition) is 6. The van der Waals surface area contributed by atoms with Gasteiger partial charge in [0.2, 0.25) is 0 Å². The van der Waals surface area contributed by atoms with E-state index >= 15 is 0 Å². The van der Waals surface area contributed by atoms with Crippen molar-refractivity contribution in [3.8, 4) is 0 Å². The predicted octanol–water partition coefficient (Wildman–Crippen LogP) is 12.1. The van der Waals surface area contributed by atoms with Crippen molar-refractivity contribution in [2.45, 2.75) is 167 Å². The lowest BCUT2D eigenvalue weighted by atomic mass is 10.1. The number of allylic oxidation sites excluding steroid dienone is 14. The Bertz CT molecular complexity index is 1200. The van der Waals surface area contributed by atoms with E-state index in [4.69, 9.17) is 14.2 Å². The smallest absolute Gasteiger partial charge is 0.362 e. The van der Waals surface area contributed by atoms with E-state index in [-0.39, 0.29) is 42.7 Å². The molecule has 8 heteroatoms. The molecule has 0 aliphatic carbocycles. The number of ether oxygens (including phenoxy) is 3. The maximum atomic E-state index is 12.7. The van der Waals surface area contributed by atoms with Crippen LogP contribution in [-0.4, -0.2) is 80.6 Å². The molecule has 0 radical (unpaired) electrons. The van der Waals surface area contributed by atoms with Crippen LogP contribution >= 0.6 is 0 Å². The standard InChI is InChI=1S/C49H81NO7/c1-6-8-10-12-14-16-18-19-20-21-22-23-24-25-26-27-28-30-31-33-35-37-39-47(51)56-44-45(43-55-42-41-46(49(53)54)50(3,4)5)57-48(52)40-38-36-34-32-29-17-15-13-11-9-7-2/h8-11,14-17,19-20,22-23,32,34,45-46H,6-7,12-13,18,21,24-31,33,35-44H2,1-5H3/p+1/b10-8+,11-9+,16-14+,17-15+,20-19+,23-22+,34-32+. The molecule has 57 heavy (non-hydrogen) atoms. The SMILES string of the molecule is CC/C=C/C/C=C/C/C=C/C/C=C/CCCCCCCCCCCC(=O)OCC(COCCC(C(=O)O)[N+](C)(C)C)OC(=O)CCC/C=C/C/C=C/C/C=C/CC.